The number of amides is 1. The average molecular weight is 395 g/mol. The van der Waals surface area contributed by atoms with Gasteiger partial charge < -0.3 is 5.32 Å². The third kappa shape index (κ3) is 4.23. The van der Waals surface area contributed by atoms with Crippen molar-refractivity contribution in [3.63, 3.8) is 0 Å². The van der Waals surface area contributed by atoms with Gasteiger partial charge in [0.25, 0.3) is 0 Å². The van der Waals surface area contributed by atoms with Gasteiger partial charge in [-0.3, -0.25) is 9.10 Å². The fourth-order valence-corrected chi connectivity index (χ4v) is 4.34. The van der Waals surface area contributed by atoms with E-state index < -0.39 is 15.9 Å². The maximum atomic E-state index is 12.9. The first kappa shape index (κ1) is 18.4. The maximum absolute atomic E-state index is 12.9. The summed E-state index contributed by atoms with van der Waals surface area (Å²) >= 11 is 6.10. The van der Waals surface area contributed by atoms with Crippen molar-refractivity contribution in [1.82, 2.24) is 0 Å². The number of hydrogen-bond donors (Lipinski definition) is 1. The smallest absolute Gasteiger partial charge is 0.248 e. The number of carbonyl (C=O) groups excluding carboxylic acids is 1. The molecule has 1 heterocycles. The van der Waals surface area contributed by atoms with Crippen molar-refractivity contribution >= 4 is 45.0 Å². The number of sulfonamides is 1. The summed E-state index contributed by atoms with van der Waals surface area (Å²) in [5.41, 5.74) is 1.45. The Morgan fingerprint density at radius 3 is 2.58 bits per heavy atom. The second-order valence-corrected chi connectivity index (χ2v) is 8.20. The fourth-order valence-electron chi connectivity index (χ4n) is 2.61. The molecule has 0 bridgehead atoms. The molecular formula is C18H16ClFN2O3S. The minimum absolute atomic E-state index is 0.109. The molecule has 0 spiro atoms. The third-order valence-corrected chi connectivity index (χ3v) is 6.09. The molecule has 5 nitrogen and oxygen atoms in total. The Labute approximate surface area is 156 Å². The summed E-state index contributed by atoms with van der Waals surface area (Å²) in [6, 6.07) is 10.4. The first-order valence-corrected chi connectivity index (χ1v) is 9.88. The molecule has 1 N–H and O–H groups in total. The molecule has 1 aliphatic heterocycles. The van der Waals surface area contributed by atoms with Crippen LogP contribution in [0.15, 0.2) is 48.5 Å². The molecule has 1 aliphatic rings. The van der Waals surface area contributed by atoms with Crippen molar-refractivity contribution in [3.8, 4) is 0 Å². The van der Waals surface area contributed by atoms with Crippen LogP contribution in [0.25, 0.3) is 6.08 Å². The van der Waals surface area contributed by atoms with Crippen molar-refractivity contribution in [1.29, 1.82) is 0 Å². The first-order chi connectivity index (χ1) is 12.3. The number of anilines is 2. The second-order valence-electron chi connectivity index (χ2n) is 5.78. The second kappa shape index (κ2) is 7.47. The van der Waals surface area contributed by atoms with Crippen LogP contribution in [0.4, 0.5) is 15.8 Å². The molecule has 0 unspecified atom stereocenters. The van der Waals surface area contributed by atoms with Crippen LogP contribution < -0.4 is 9.62 Å². The number of benzene rings is 2. The number of nitrogens with zero attached hydrogens (tertiary/aromatic N) is 1. The largest absolute Gasteiger partial charge is 0.321 e. The van der Waals surface area contributed by atoms with Crippen LogP contribution in [0.2, 0.25) is 5.02 Å². The van der Waals surface area contributed by atoms with Crippen LogP contribution >= 0.6 is 11.6 Å². The van der Waals surface area contributed by atoms with Crippen LogP contribution in [0.1, 0.15) is 12.0 Å². The Morgan fingerprint density at radius 2 is 1.92 bits per heavy atom. The van der Waals surface area contributed by atoms with Crippen molar-refractivity contribution < 1.29 is 17.6 Å². The van der Waals surface area contributed by atoms with Crippen molar-refractivity contribution in [2.45, 2.75) is 6.42 Å². The highest BCUT2D eigenvalue weighted by Crippen LogP contribution is 2.31. The van der Waals surface area contributed by atoms with Crippen LogP contribution in [0, 0.1) is 5.82 Å². The molecule has 0 aromatic heterocycles. The van der Waals surface area contributed by atoms with Crippen LogP contribution in [-0.4, -0.2) is 26.6 Å². The van der Waals surface area contributed by atoms with Crippen LogP contribution in [0.5, 0.6) is 0 Å². The molecule has 0 radical (unpaired) electrons. The van der Waals surface area contributed by atoms with Crippen LogP contribution in [0.3, 0.4) is 0 Å². The molecule has 3 rings (SSSR count). The van der Waals surface area contributed by atoms with E-state index >= 15 is 0 Å². The quantitative estimate of drug-likeness (QED) is 0.804. The van der Waals surface area contributed by atoms with E-state index in [9.17, 15) is 17.6 Å². The normalized spacial score (nSPS) is 16.2. The van der Waals surface area contributed by atoms with Gasteiger partial charge in [0.1, 0.15) is 5.82 Å². The number of carbonyl (C=O) groups is 1. The van der Waals surface area contributed by atoms with E-state index in [0.29, 0.717) is 34.9 Å². The predicted molar refractivity (Wildman–Crippen MR) is 101 cm³/mol. The van der Waals surface area contributed by atoms with E-state index in [0.717, 1.165) is 0 Å². The molecule has 2 aromatic carbocycles. The minimum atomic E-state index is -3.32. The Morgan fingerprint density at radius 1 is 1.19 bits per heavy atom. The zero-order valence-electron chi connectivity index (χ0n) is 13.7. The number of nitrogens with one attached hydrogen (secondary N) is 1. The van der Waals surface area contributed by atoms with Gasteiger partial charge in [-0.1, -0.05) is 23.7 Å². The number of hydrogen-bond acceptors (Lipinski definition) is 3. The summed E-state index contributed by atoms with van der Waals surface area (Å²) in [6.07, 6.45) is 3.40. The lowest BCUT2D eigenvalue weighted by Crippen LogP contribution is -2.25. The van der Waals surface area contributed by atoms with Gasteiger partial charge in [0.15, 0.2) is 0 Å². The average Bonchev–Trinajstić information content (AvgIpc) is 2.95. The van der Waals surface area contributed by atoms with E-state index in [-0.39, 0.29) is 11.6 Å². The molecule has 0 aliphatic carbocycles. The van der Waals surface area contributed by atoms with Crippen LogP contribution in [-0.2, 0) is 14.8 Å². The van der Waals surface area contributed by atoms with Gasteiger partial charge in [-0.2, -0.15) is 0 Å². The molecule has 0 saturated carbocycles. The van der Waals surface area contributed by atoms with Gasteiger partial charge in [-0.15, -0.1) is 0 Å². The molecule has 26 heavy (non-hydrogen) atoms. The van der Waals surface area contributed by atoms with E-state index in [2.05, 4.69) is 5.32 Å². The topological polar surface area (TPSA) is 66.5 Å². The summed E-state index contributed by atoms with van der Waals surface area (Å²) in [5.74, 6) is -0.678. The number of rotatable bonds is 4. The fraction of sp³-hybridized carbons (Fsp3) is 0.167. The van der Waals surface area contributed by atoms with Gasteiger partial charge in [-0.05, 0) is 48.4 Å². The monoisotopic (exact) mass is 394 g/mol. The lowest BCUT2D eigenvalue weighted by molar-refractivity contribution is -0.111. The van der Waals surface area contributed by atoms with E-state index in [4.69, 9.17) is 11.6 Å². The summed E-state index contributed by atoms with van der Waals surface area (Å²) in [7, 11) is -3.32. The molecule has 0 atom stereocenters. The zero-order valence-corrected chi connectivity index (χ0v) is 15.2. The Hall–Kier alpha value is -2.38. The summed E-state index contributed by atoms with van der Waals surface area (Å²) in [5, 5.41) is 2.93. The first-order valence-electron chi connectivity index (χ1n) is 7.90. The standard InChI is InChI=1S/C18H16ClFN2O3S/c19-16-8-7-15(22-10-1-11-26(22,24)25)12-17(16)21-18(23)9-4-13-2-5-14(20)6-3-13/h2-9,12H,1,10-11H2,(H,21,23)/b9-4+. The summed E-state index contributed by atoms with van der Waals surface area (Å²) < 4.78 is 38.2. The third-order valence-electron chi connectivity index (χ3n) is 3.89. The number of halogens is 2. The van der Waals surface area contributed by atoms with Gasteiger partial charge >= 0.3 is 0 Å². The molecule has 1 fully saturated rings. The highest BCUT2D eigenvalue weighted by atomic mass is 35.5. The Bertz CT molecular complexity index is 959. The molecule has 1 amide bonds. The maximum Gasteiger partial charge on any atom is 0.248 e. The summed E-state index contributed by atoms with van der Waals surface area (Å²) in [4.78, 5) is 12.1. The van der Waals surface area contributed by atoms with Crippen molar-refractivity contribution in [2.75, 3.05) is 21.9 Å². The van der Waals surface area contributed by atoms with E-state index in [1.165, 1.54) is 34.7 Å². The lowest BCUT2D eigenvalue weighted by Gasteiger charge is -2.18. The van der Waals surface area contributed by atoms with E-state index in [1.54, 1.807) is 24.3 Å². The molecule has 136 valence electrons. The van der Waals surface area contributed by atoms with Gasteiger partial charge in [0.05, 0.1) is 22.2 Å². The lowest BCUT2D eigenvalue weighted by atomic mass is 10.2. The SMILES string of the molecule is O=C(/C=C/c1ccc(F)cc1)Nc1cc(N2CCCS2(=O)=O)ccc1Cl. The van der Waals surface area contributed by atoms with Crippen molar-refractivity contribution in [3.05, 3.63) is 64.9 Å². The molecule has 2 aromatic rings. The van der Waals surface area contributed by atoms with Gasteiger partial charge in [0.2, 0.25) is 15.9 Å². The zero-order chi connectivity index (χ0) is 18.7. The Balaban J connectivity index is 1.75. The molecule has 8 heteroatoms. The highest BCUT2D eigenvalue weighted by Gasteiger charge is 2.28. The predicted octanol–water partition coefficient (Wildman–Crippen LogP) is 3.67. The summed E-state index contributed by atoms with van der Waals surface area (Å²) in [6.45, 7) is 0.405. The van der Waals surface area contributed by atoms with Crippen molar-refractivity contribution in [2.24, 2.45) is 0 Å². The van der Waals surface area contributed by atoms with Gasteiger partial charge in [-0.25, -0.2) is 12.8 Å². The Kier molecular flexibility index (Phi) is 5.29. The minimum Gasteiger partial charge on any atom is -0.321 e. The highest BCUT2D eigenvalue weighted by molar-refractivity contribution is 7.93. The van der Waals surface area contributed by atoms with Gasteiger partial charge in [0, 0.05) is 12.6 Å². The molecular weight excluding hydrogens is 379 g/mol. The van der Waals surface area contributed by atoms with E-state index in [1.807, 2.05) is 0 Å². The molecule has 1 saturated heterocycles.